The predicted molar refractivity (Wildman–Crippen MR) is 89.4 cm³/mol. The second-order valence-corrected chi connectivity index (χ2v) is 4.94. The van der Waals surface area contributed by atoms with E-state index in [4.69, 9.17) is 9.47 Å². The zero-order chi connectivity index (χ0) is 18.2. The largest absolute Gasteiger partial charge is 0.508 e. The van der Waals surface area contributed by atoms with E-state index in [2.05, 4.69) is 5.32 Å². The summed E-state index contributed by atoms with van der Waals surface area (Å²) in [6.07, 6.45) is 0. The molecular formula is C18H17NO6. The summed E-state index contributed by atoms with van der Waals surface area (Å²) >= 11 is 0. The molecule has 0 aliphatic carbocycles. The highest BCUT2D eigenvalue weighted by atomic mass is 16.5. The average Bonchev–Trinajstić information content (AvgIpc) is 2.61. The third kappa shape index (κ3) is 5.07. The van der Waals surface area contributed by atoms with Crippen LogP contribution in [0, 0.1) is 0 Å². The van der Waals surface area contributed by atoms with Crippen LogP contribution in [0.4, 0.5) is 5.69 Å². The summed E-state index contributed by atoms with van der Waals surface area (Å²) < 4.78 is 9.82. The molecule has 0 unspecified atom stereocenters. The molecule has 1 amide bonds. The Hall–Kier alpha value is -3.35. The minimum atomic E-state index is -0.700. The number of amides is 1. The molecular weight excluding hydrogens is 326 g/mol. The van der Waals surface area contributed by atoms with Crippen LogP contribution in [0.5, 0.6) is 5.75 Å². The molecule has 2 N–H and O–H groups in total. The molecule has 0 saturated heterocycles. The number of hydrogen-bond donors (Lipinski definition) is 2. The summed E-state index contributed by atoms with van der Waals surface area (Å²) in [6.45, 7) is 1.38. The monoisotopic (exact) mass is 343 g/mol. The van der Waals surface area contributed by atoms with E-state index in [1.807, 2.05) is 0 Å². The Morgan fingerprint density at radius 1 is 0.960 bits per heavy atom. The molecule has 7 heteroatoms. The molecule has 0 saturated carbocycles. The number of esters is 2. The maximum absolute atomic E-state index is 12.0. The first-order chi connectivity index (χ1) is 12.0. The highest BCUT2D eigenvalue weighted by Crippen LogP contribution is 2.16. The summed E-state index contributed by atoms with van der Waals surface area (Å²) in [5.74, 6) is -1.83. The Kier molecular flexibility index (Phi) is 6.11. The summed E-state index contributed by atoms with van der Waals surface area (Å²) in [5.41, 5.74) is 0.687. The van der Waals surface area contributed by atoms with Crippen molar-refractivity contribution in [3.63, 3.8) is 0 Å². The summed E-state index contributed by atoms with van der Waals surface area (Å²) in [5, 5.41) is 11.7. The SMILES string of the molecule is CCOC(=O)c1ccccc1NC(=O)COC(=O)c1ccc(O)cc1. The maximum atomic E-state index is 12.0. The van der Waals surface area contributed by atoms with E-state index >= 15 is 0 Å². The predicted octanol–water partition coefficient (Wildman–Crippen LogP) is 2.36. The van der Waals surface area contributed by atoms with Gasteiger partial charge in [-0.05, 0) is 43.3 Å². The van der Waals surface area contributed by atoms with Crippen LogP contribution in [0.3, 0.4) is 0 Å². The number of carbonyl (C=O) groups excluding carboxylic acids is 3. The summed E-state index contributed by atoms with van der Waals surface area (Å²) in [7, 11) is 0. The van der Waals surface area contributed by atoms with Gasteiger partial charge in [0.05, 0.1) is 23.4 Å². The number of benzene rings is 2. The molecule has 7 nitrogen and oxygen atoms in total. The van der Waals surface area contributed by atoms with Gasteiger partial charge in [-0.1, -0.05) is 12.1 Å². The van der Waals surface area contributed by atoms with Gasteiger partial charge in [-0.2, -0.15) is 0 Å². The normalized spacial score (nSPS) is 9.96. The lowest BCUT2D eigenvalue weighted by Crippen LogP contribution is -2.22. The van der Waals surface area contributed by atoms with Gasteiger partial charge in [0.1, 0.15) is 5.75 Å². The Bertz CT molecular complexity index is 769. The van der Waals surface area contributed by atoms with Gasteiger partial charge in [-0.3, -0.25) is 4.79 Å². The van der Waals surface area contributed by atoms with Crippen LogP contribution in [0.2, 0.25) is 0 Å². The first-order valence-electron chi connectivity index (χ1n) is 7.53. The Labute approximate surface area is 144 Å². The first-order valence-corrected chi connectivity index (χ1v) is 7.53. The molecule has 0 aliphatic rings. The molecule has 130 valence electrons. The van der Waals surface area contributed by atoms with E-state index in [0.717, 1.165) is 0 Å². The van der Waals surface area contributed by atoms with Crippen LogP contribution >= 0.6 is 0 Å². The standard InChI is InChI=1S/C18H17NO6/c1-2-24-18(23)14-5-3-4-6-15(14)19-16(21)11-25-17(22)12-7-9-13(20)10-8-12/h3-10,20H,2,11H2,1H3,(H,19,21). The summed E-state index contributed by atoms with van der Waals surface area (Å²) in [4.78, 5) is 35.6. The van der Waals surface area contributed by atoms with Gasteiger partial charge in [0.15, 0.2) is 6.61 Å². The smallest absolute Gasteiger partial charge is 0.340 e. The van der Waals surface area contributed by atoms with Gasteiger partial charge in [0.2, 0.25) is 0 Å². The molecule has 0 heterocycles. The van der Waals surface area contributed by atoms with Crippen molar-refractivity contribution in [2.75, 3.05) is 18.5 Å². The first kappa shape index (κ1) is 18.0. The van der Waals surface area contributed by atoms with Crippen molar-refractivity contribution in [3.05, 3.63) is 59.7 Å². The molecule has 0 fully saturated rings. The quantitative estimate of drug-likeness (QED) is 0.781. The number of anilines is 1. The number of phenolic OH excluding ortho intramolecular Hbond substituents is 1. The molecule has 0 radical (unpaired) electrons. The Morgan fingerprint density at radius 2 is 1.64 bits per heavy atom. The minimum absolute atomic E-state index is 0.0184. The fourth-order valence-electron chi connectivity index (χ4n) is 1.98. The lowest BCUT2D eigenvalue weighted by Gasteiger charge is -2.10. The third-order valence-electron chi connectivity index (χ3n) is 3.13. The summed E-state index contributed by atoms with van der Waals surface area (Å²) in [6, 6.07) is 11.8. The number of ether oxygens (including phenoxy) is 2. The second kappa shape index (κ2) is 8.49. The molecule has 0 atom stereocenters. The number of carbonyl (C=O) groups is 3. The van der Waals surface area contributed by atoms with Crippen LogP contribution in [-0.2, 0) is 14.3 Å². The Balaban J connectivity index is 1.95. The highest BCUT2D eigenvalue weighted by Gasteiger charge is 2.15. The van der Waals surface area contributed by atoms with E-state index in [9.17, 15) is 19.5 Å². The lowest BCUT2D eigenvalue weighted by molar-refractivity contribution is -0.119. The van der Waals surface area contributed by atoms with E-state index in [-0.39, 0.29) is 29.2 Å². The number of aromatic hydroxyl groups is 1. The third-order valence-corrected chi connectivity index (χ3v) is 3.13. The van der Waals surface area contributed by atoms with Crippen LogP contribution in [0.1, 0.15) is 27.6 Å². The molecule has 25 heavy (non-hydrogen) atoms. The molecule has 0 spiro atoms. The van der Waals surface area contributed by atoms with Crippen molar-refractivity contribution in [1.29, 1.82) is 0 Å². The van der Waals surface area contributed by atoms with Gasteiger partial charge in [-0.15, -0.1) is 0 Å². The molecule has 2 rings (SSSR count). The zero-order valence-electron chi connectivity index (χ0n) is 13.5. The number of rotatable bonds is 6. The number of para-hydroxylation sites is 1. The Morgan fingerprint density at radius 3 is 2.32 bits per heavy atom. The van der Waals surface area contributed by atoms with Gasteiger partial charge >= 0.3 is 11.9 Å². The topological polar surface area (TPSA) is 102 Å². The fraction of sp³-hybridized carbons (Fsp3) is 0.167. The highest BCUT2D eigenvalue weighted by molar-refractivity contribution is 6.02. The molecule has 0 aromatic heterocycles. The number of phenols is 1. The van der Waals surface area contributed by atoms with E-state index in [1.54, 1.807) is 25.1 Å². The molecule has 2 aromatic rings. The second-order valence-electron chi connectivity index (χ2n) is 4.94. The van der Waals surface area contributed by atoms with Crippen molar-refractivity contribution < 1.29 is 29.0 Å². The maximum Gasteiger partial charge on any atom is 0.340 e. The van der Waals surface area contributed by atoms with E-state index in [1.165, 1.54) is 30.3 Å². The van der Waals surface area contributed by atoms with Gasteiger partial charge in [-0.25, -0.2) is 9.59 Å². The molecule has 0 aliphatic heterocycles. The number of hydrogen-bond acceptors (Lipinski definition) is 6. The van der Waals surface area contributed by atoms with Crippen molar-refractivity contribution in [2.45, 2.75) is 6.92 Å². The van der Waals surface area contributed by atoms with Crippen LogP contribution in [-0.4, -0.2) is 36.2 Å². The lowest BCUT2D eigenvalue weighted by atomic mass is 10.2. The van der Waals surface area contributed by atoms with Crippen molar-refractivity contribution in [1.82, 2.24) is 0 Å². The van der Waals surface area contributed by atoms with Gasteiger partial charge in [0, 0.05) is 0 Å². The molecule has 0 bridgehead atoms. The van der Waals surface area contributed by atoms with Crippen LogP contribution < -0.4 is 5.32 Å². The van der Waals surface area contributed by atoms with Crippen molar-refractivity contribution in [3.8, 4) is 5.75 Å². The van der Waals surface area contributed by atoms with E-state index in [0.29, 0.717) is 0 Å². The van der Waals surface area contributed by atoms with E-state index < -0.39 is 24.5 Å². The van der Waals surface area contributed by atoms with Crippen LogP contribution in [0.25, 0.3) is 0 Å². The zero-order valence-corrected chi connectivity index (χ0v) is 13.5. The van der Waals surface area contributed by atoms with Gasteiger partial charge in [0.25, 0.3) is 5.91 Å². The van der Waals surface area contributed by atoms with Gasteiger partial charge < -0.3 is 19.9 Å². The fourth-order valence-corrected chi connectivity index (χ4v) is 1.98. The number of nitrogens with one attached hydrogen (secondary N) is 1. The van der Waals surface area contributed by atoms with Crippen molar-refractivity contribution >= 4 is 23.5 Å². The van der Waals surface area contributed by atoms with Crippen LogP contribution in [0.15, 0.2) is 48.5 Å². The van der Waals surface area contributed by atoms with Crippen molar-refractivity contribution in [2.24, 2.45) is 0 Å². The minimum Gasteiger partial charge on any atom is -0.508 e. The molecule has 2 aromatic carbocycles. The average molecular weight is 343 g/mol.